The van der Waals surface area contributed by atoms with Crippen LogP contribution in [0.3, 0.4) is 0 Å². The molecule has 2 saturated heterocycles. The van der Waals surface area contributed by atoms with Gasteiger partial charge in [-0.05, 0) is 25.9 Å². The van der Waals surface area contributed by atoms with Crippen molar-refractivity contribution >= 4 is 22.8 Å². The van der Waals surface area contributed by atoms with E-state index in [0.717, 1.165) is 25.9 Å². The van der Waals surface area contributed by atoms with E-state index < -0.39 is 18.4 Å². The average Bonchev–Trinajstić information content (AvgIpc) is 3.26. The number of aliphatic hydroxyl groups is 1. The van der Waals surface area contributed by atoms with E-state index in [1.165, 1.54) is 6.33 Å². The highest BCUT2D eigenvalue weighted by Crippen LogP contribution is 2.32. The van der Waals surface area contributed by atoms with Gasteiger partial charge < -0.3 is 15.6 Å². The highest BCUT2D eigenvalue weighted by atomic mass is 16.5. The number of fused-ring (bicyclic) bond motifs is 1. The topological polar surface area (TPSA) is 119 Å². The molecule has 3 atom stereocenters. The molecule has 0 saturated carbocycles. The number of likely N-dealkylation sites (tertiary alicyclic amines) is 1. The van der Waals surface area contributed by atoms with E-state index in [1.54, 1.807) is 10.9 Å². The molecule has 2 aromatic rings. The van der Waals surface area contributed by atoms with E-state index in [1.807, 2.05) is 0 Å². The number of nitrogen functional groups attached to an aromatic ring is 1. The molecule has 0 aliphatic carbocycles. The number of Topliss-reactive ketones (excluding diaryl/α,β-unsaturated/α-hetero) is 1. The fraction of sp³-hybridized carbons (Fsp3) is 0.600. The van der Waals surface area contributed by atoms with Gasteiger partial charge >= 0.3 is 0 Å². The minimum Gasteiger partial charge on any atom is -0.390 e. The van der Waals surface area contributed by atoms with Crippen LogP contribution in [0.15, 0.2) is 12.7 Å². The van der Waals surface area contributed by atoms with Crippen LogP contribution < -0.4 is 5.73 Å². The number of rotatable bonds is 4. The van der Waals surface area contributed by atoms with Crippen molar-refractivity contribution < 1.29 is 14.6 Å². The molecule has 3 N–H and O–H groups in total. The van der Waals surface area contributed by atoms with Gasteiger partial charge in [0.2, 0.25) is 0 Å². The largest absolute Gasteiger partial charge is 0.390 e. The number of ketones is 1. The number of nitrogens with zero attached hydrogens (tertiary/aromatic N) is 5. The Labute approximate surface area is 138 Å². The van der Waals surface area contributed by atoms with Crippen LogP contribution >= 0.6 is 0 Å². The van der Waals surface area contributed by atoms with Gasteiger partial charge in [0.15, 0.2) is 17.2 Å². The number of nitrogens with two attached hydrogens (primary N) is 1. The van der Waals surface area contributed by atoms with Crippen LogP contribution in [-0.2, 0) is 9.53 Å². The van der Waals surface area contributed by atoms with Crippen molar-refractivity contribution in [3.05, 3.63) is 12.7 Å². The lowest BCUT2D eigenvalue weighted by molar-refractivity contribution is -0.136. The zero-order valence-corrected chi connectivity index (χ0v) is 13.2. The van der Waals surface area contributed by atoms with Crippen molar-refractivity contribution in [3.8, 4) is 0 Å². The summed E-state index contributed by atoms with van der Waals surface area (Å²) in [4.78, 5) is 26.8. The second kappa shape index (κ2) is 6.08. The predicted molar refractivity (Wildman–Crippen MR) is 85.0 cm³/mol. The Morgan fingerprint density at radius 2 is 2.12 bits per heavy atom. The minimum absolute atomic E-state index is 0.0783. The Morgan fingerprint density at radius 3 is 2.92 bits per heavy atom. The first-order valence-corrected chi connectivity index (χ1v) is 8.15. The maximum Gasteiger partial charge on any atom is 0.178 e. The number of carbonyl (C=O) groups is 1. The Hall–Kier alpha value is -2.10. The second-order valence-electron chi connectivity index (χ2n) is 6.35. The Balaban J connectivity index is 1.51. The third-order valence-electron chi connectivity index (χ3n) is 4.69. The third-order valence-corrected chi connectivity index (χ3v) is 4.69. The number of imidazole rings is 1. The highest BCUT2D eigenvalue weighted by molar-refractivity contribution is 5.86. The van der Waals surface area contributed by atoms with Gasteiger partial charge in [0, 0.05) is 6.42 Å². The first kappa shape index (κ1) is 15.4. The molecule has 9 heteroatoms. The fourth-order valence-corrected chi connectivity index (χ4v) is 3.45. The van der Waals surface area contributed by atoms with Crippen LogP contribution in [0.1, 0.15) is 25.5 Å². The number of hydrogen-bond donors (Lipinski definition) is 2. The van der Waals surface area contributed by atoms with Crippen molar-refractivity contribution in [2.45, 2.75) is 37.7 Å². The molecule has 2 fully saturated rings. The smallest absolute Gasteiger partial charge is 0.178 e. The van der Waals surface area contributed by atoms with Crippen molar-refractivity contribution in [2.75, 3.05) is 25.4 Å². The summed E-state index contributed by atoms with van der Waals surface area (Å²) in [6, 6.07) is 0. The average molecular weight is 332 g/mol. The second-order valence-corrected chi connectivity index (χ2v) is 6.35. The lowest BCUT2D eigenvalue weighted by atomic mass is 10.1. The Kier molecular flexibility index (Phi) is 3.91. The maximum absolute atomic E-state index is 12.4. The lowest BCUT2D eigenvalue weighted by Crippen LogP contribution is -2.38. The Bertz CT molecular complexity index is 757. The van der Waals surface area contributed by atoms with Crippen molar-refractivity contribution in [2.24, 2.45) is 0 Å². The van der Waals surface area contributed by atoms with Gasteiger partial charge in [0.05, 0.1) is 19.0 Å². The van der Waals surface area contributed by atoms with Crippen LogP contribution in [0.4, 0.5) is 5.82 Å². The van der Waals surface area contributed by atoms with Crippen LogP contribution in [0.5, 0.6) is 0 Å². The van der Waals surface area contributed by atoms with E-state index >= 15 is 0 Å². The molecule has 128 valence electrons. The summed E-state index contributed by atoms with van der Waals surface area (Å²) >= 11 is 0. The predicted octanol–water partition coefficient (Wildman–Crippen LogP) is -0.278. The molecule has 4 rings (SSSR count). The van der Waals surface area contributed by atoms with Gasteiger partial charge in [0.25, 0.3) is 0 Å². The number of hydrogen-bond acceptors (Lipinski definition) is 8. The van der Waals surface area contributed by atoms with E-state index in [0.29, 0.717) is 29.9 Å². The van der Waals surface area contributed by atoms with Crippen LogP contribution in [0.25, 0.3) is 11.2 Å². The first-order chi connectivity index (χ1) is 11.6. The zero-order chi connectivity index (χ0) is 16.7. The van der Waals surface area contributed by atoms with Crippen molar-refractivity contribution in [3.63, 3.8) is 0 Å². The molecule has 4 heterocycles. The number of aliphatic hydroxyl groups excluding tert-OH is 1. The van der Waals surface area contributed by atoms with Gasteiger partial charge in [-0.2, -0.15) is 0 Å². The summed E-state index contributed by atoms with van der Waals surface area (Å²) < 4.78 is 7.53. The minimum atomic E-state index is -0.832. The molecule has 24 heavy (non-hydrogen) atoms. The zero-order valence-electron chi connectivity index (χ0n) is 13.2. The first-order valence-electron chi connectivity index (χ1n) is 8.15. The van der Waals surface area contributed by atoms with E-state index in [2.05, 4.69) is 19.9 Å². The lowest BCUT2D eigenvalue weighted by Gasteiger charge is -2.18. The van der Waals surface area contributed by atoms with E-state index in [-0.39, 0.29) is 5.78 Å². The van der Waals surface area contributed by atoms with E-state index in [9.17, 15) is 9.90 Å². The summed E-state index contributed by atoms with van der Waals surface area (Å²) in [6.07, 6.45) is 3.32. The van der Waals surface area contributed by atoms with Crippen molar-refractivity contribution in [1.82, 2.24) is 24.4 Å². The van der Waals surface area contributed by atoms with Crippen LogP contribution in [-0.4, -0.2) is 67.2 Å². The summed E-state index contributed by atoms with van der Waals surface area (Å²) in [7, 11) is 0. The molecule has 0 bridgehead atoms. The van der Waals surface area contributed by atoms with Gasteiger partial charge in [-0.25, -0.2) is 15.0 Å². The number of ether oxygens (including phenoxy) is 1. The summed E-state index contributed by atoms with van der Waals surface area (Å²) in [5.41, 5.74) is 6.81. The molecule has 9 nitrogen and oxygen atoms in total. The SMILES string of the molecule is Nc1ncnc2c1ncn2[C@H]1C[C@H](O)[C@@H](C(=O)CN2CCCC2)O1. The number of aromatic nitrogens is 4. The van der Waals surface area contributed by atoms with Gasteiger partial charge in [-0.15, -0.1) is 0 Å². The summed E-state index contributed by atoms with van der Waals surface area (Å²) in [6.45, 7) is 2.19. The van der Waals surface area contributed by atoms with Crippen LogP contribution in [0, 0.1) is 0 Å². The standard InChI is InChI=1S/C15H20N6O3/c16-14-12-15(18-7-17-14)21(8-19-12)11-5-9(22)13(24-11)10(23)6-20-3-1-2-4-20/h7-9,11,13,22H,1-6H2,(H2,16,17,18)/t9-,11+,13-/m0/s1. The van der Waals surface area contributed by atoms with Crippen LogP contribution in [0.2, 0.25) is 0 Å². The van der Waals surface area contributed by atoms with Gasteiger partial charge in [-0.3, -0.25) is 14.3 Å². The van der Waals surface area contributed by atoms with Gasteiger partial charge in [-0.1, -0.05) is 0 Å². The monoisotopic (exact) mass is 332 g/mol. The number of carbonyl (C=O) groups excluding carboxylic acids is 1. The molecule has 2 aromatic heterocycles. The molecule has 0 unspecified atom stereocenters. The highest BCUT2D eigenvalue weighted by Gasteiger charge is 2.40. The molecule has 2 aliphatic heterocycles. The number of anilines is 1. The molecule has 0 aromatic carbocycles. The molecule has 0 radical (unpaired) electrons. The quantitative estimate of drug-likeness (QED) is 0.784. The molecular weight excluding hydrogens is 312 g/mol. The fourth-order valence-electron chi connectivity index (χ4n) is 3.45. The maximum atomic E-state index is 12.4. The van der Waals surface area contributed by atoms with E-state index in [4.69, 9.17) is 10.5 Å². The van der Waals surface area contributed by atoms with Crippen molar-refractivity contribution in [1.29, 1.82) is 0 Å². The van der Waals surface area contributed by atoms with Gasteiger partial charge in [0.1, 0.15) is 24.2 Å². The molecular formula is C15H20N6O3. The molecule has 2 aliphatic rings. The summed E-state index contributed by atoms with van der Waals surface area (Å²) in [5, 5.41) is 10.3. The summed E-state index contributed by atoms with van der Waals surface area (Å²) in [5.74, 6) is 0.212. The Morgan fingerprint density at radius 1 is 1.33 bits per heavy atom. The molecule has 0 spiro atoms. The third kappa shape index (κ3) is 2.64. The molecule has 0 amide bonds. The normalized spacial score (nSPS) is 28.0.